The lowest BCUT2D eigenvalue weighted by Crippen LogP contribution is -2.51. The number of H-pyrrole nitrogens is 1. The van der Waals surface area contributed by atoms with Crippen LogP contribution in [-0.2, 0) is 6.42 Å². The summed E-state index contributed by atoms with van der Waals surface area (Å²) in [5.41, 5.74) is 1.36. The number of hydrogen-bond donors (Lipinski definition) is 2. The van der Waals surface area contributed by atoms with Gasteiger partial charge in [0, 0.05) is 12.7 Å². The summed E-state index contributed by atoms with van der Waals surface area (Å²) >= 11 is 0. The Labute approximate surface area is 135 Å². The van der Waals surface area contributed by atoms with Gasteiger partial charge >= 0.3 is 0 Å². The number of likely N-dealkylation sites (tertiary alicyclic amines) is 1. The van der Waals surface area contributed by atoms with E-state index >= 15 is 0 Å². The van der Waals surface area contributed by atoms with Gasteiger partial charge < -0.3 is 15.0 Å². The number of amides is 1. The number of nitriles is 1. The number of nitrogens with one attached hydrogen (secondary N) is 1. The van der Waals surface area contributed by atoms with E-state index in [-0.39, 0.29) is 12.5 Å². The largest absolute Gasteiger partial charge is 0.394 e. The lowest BCUT2D eigenvalue weighted by molar-refractivity contribution is 0.0407. The van der Waals surface area contributed by atoms with Crippen LogP contribution >= 0.6 is 0 Å². The first-order valence-electron chi connectivity index (χ1n) is 7.74. The topological polar surface area (TPSA) is 80.1 Å². The van der Waals surface area contributed by atoms with Gasteiger partial charge in [0.1, 0.15) is 11.8 Å². The Morgan fingerprint density at radius 3 is 2.83 bits per heavy atom. The Balaban J connectivity index is 1.87. The normalized spacial score (nSPS) is 20.4. The Morgan fingerprint density at radius 1 is 1.39 bits per heavy atom. The lowest BCUT2D eigenvalue weighted by atomic mass is 9.88. The molecule has 3 rings (SSSR count). The number of rotatable bonds is 4. The molecule has 1 aliphatic rings. The van der Waals surface area contributed by atoms with Gasteiger partial charge in [-0.25, -0.2) is 0 Å². The molecule has 0 radical (unpaired) electrons. The fraction of sp³-hybridized carbons (Fsp3) is 0.333. The highest BCUT2D eigenvalue weighted by Gasteiger charge is 2.43. The van der Waals surface area contributed by atoms with E-state index < -0.39 is 5.54 Å². The van der Waals surface area contributed by atoms with Crippen molar-refractivity contribution in [2.24, 2.45) is 0 Å². The third-order valence-electron chi connectivity index (χ3n) is 4.55. The van der Waals surface area contributed by atoms with Crippen LogP contribution in [0.5, 0.6) is 0 Å². The first kappa shape index (κ1) is 15.3. The Kier molecular flexibility index (Phi) is 4.18. The third-order valence-corrected chi connectivity index (χ3v) is 4.55. The van der Waals surface area contributed by atoms with Crippen molar-refractivity contribution in [3.63, 3.8) is 0 Å². The van der Waals surface area contributed by atoms with Crippen LogP contribution in [0, 0.1) is 11.3 Å². The molecule has 0 bridgehead atoms. The summed E-state index contributed by atoms with van der Waals surface area (Å²) in [7, 11) is 0. The van der Waals surface area contributed by atoms with E-state index in [9.17, 15) is 9.90 Å². The zero-order chi connectivity index (χ0) is 16.3. The Morgan fingerprint density at radius 2 is 2.17 bits per heavy atom. The SMILES string of the molecule is N#Cc1c[nH]c(C(=O)N2CCCC2(CO)Cc2ccccc2)c1. The number of aliphatic hydroxyl groups is 1. The maximum Gasteiger partial charge on any atom is 0.270 e. The molecule has 5 nitrogen and oxygen atoms in total. The van der Waals surface area contributed by atoms with Crippen molar-refractivity contribution >= 4 is 5.91 Å². The smallest absolute Gasteiger partial charge is 0.270 e. The molecule has 2 heterocycles. The van der Waals surface area contributed by atoms with E-state index in [1.165, 1.54) is 6.20 Å². The van der Waals surface area contributed by atoms with Crippen LogP contribution in [0.4, 0.5) is 0 Å². The summed E-state index contributed by atoms with van der Waals surface area (Å²) in [6.07, 6.45) is 3.80. The predicted molar refractivity (Wildman–Crippen MR) is 85.7 cm³/mol. The summed E-state index contributed by atoms with van der Waals surface area (Å²) in [5.74, 6) is -0.158. The van der Waals surface area contributed by atoms with E-state index in [1.807, 2.05) is 36.4 Å². The number of nitrogens with zero attached hydrogens (tertiary/aromatic N) is 2. The van der Waals surface area contributed by atoms with Crippen molar-refractivity contribution in [1.82, 2.24) is 9.88 Å². The molecule has 1 fully saturated rings. The number of benzene rings is 1. The fourth-order valence-corrected chi connectivity index (χ4v) is 3.36. The number of aromatic nitrogens is 1. The summed E-state index contributed by atoms with van der Waals surface area (Å²) < 4.78 is 0. The van der Waals surface area contributed by atoms with E-state index in [2.05, 4.69) is 4.98 Å². The molecule has 1 atom stereocenters. The van der Waals surface area contributed by atoms with E-state index in [4.69, 9.17) is 5.26 Å². The molecule has 0 saturated carbocycles. The van der Waals surface area contributed by atoms with Crippen molar-refractivity contribution in [3.05, 3.63) is 59.4 Å². The molecule has 1 unspecified atom stereocenters. The molecule has 2 aromatic rings. The molecular weight excluding hydrogens is 290 g/mol. The number of hydrogen-bond acceptors (Lipinski definition) is 3. The van der Waals surface area contributed by atoms with Crippen LogP contribution < -0.4 is 0 Å². The highest BCUT2D eigenvalue weighted by molar-refractivity contribution is 5.93. The van der Waals surface area contributed by atoms with E-state index in [1.54, 1.807) is 11.0 Å². The minimum atomic E-state index is -0.573. The van der Waals surface area contributed by atoms with Crippen LogP contribution in [0.3, 0.4) is 0 Å². The number of aromatic amines is 1. The minimum absolute atomic E-state index is 0.0700. The summed E-state index contributed by atoms with van der Waals surface area (Å²) in [6.45, 7) is 0.548. The van der Waals surface area contributed by atoms with Crippen LogP contribution in [0.2, 0.25) is 0 Å². The third kappa shape index (κ3) is 2.86. The minimum Gasteiger partial charge on any atom is -0.394 e. The average molecular weight is 309 g/mol. The van der Waals surface area contributed by atoms with Gasteiger partial charge in [-0.1, -0.05) is 30.3 Å². The first-order chi connectivity index (χ1) is 11.2. The van der Waals surface area contributed by atoms with Crippen LogP contribution in [-0.4, -0.2) is 39.6 Å². The molecule has 1 saturated heterocycles. The highest BCUT2D eigenvalue weighted by Crippen LogP contribution is 2.33. The van der Waals surface area contributed by atoms with Crippen LogP contribution in [0.1, 0.15) is 34.5 Å². The molecule has 1 aromatic heterocycles. The Hall–Kier alpha value is -2.58. The maximum atomic E-state index is 12.8. The Bertz CT molecular complexity index is 732. The van der Waals surface area contributed by atoms with E-state index in [0.717, 1.165) is 18.4 Å². The van der Waals surface area contributed by atoms with Crippen molar-refractivity contribution in [2.75, 3.05) is 13.2 Å². The van der Waals surface area contributed by atoms with Gasteiger partial charge in [0.2, 0.25) is 0 Å². The zero-order valence-corrected chi connectivity index (χ0v) is 12.8. The zero-order valence-electron chi connectivity index (χ0n) is 12.8. The molecular formula is C18H19N3O2. The van der Waals surface area contributed by atoms with Gasteiger partial charge in [0.25, 0.3) is 5.91 Å². The molecule has 2 N–H and O–H groups in total. The second-order valence-corrected chi connectivity index (χ2v) is 6.02. The van der Waals surface area contributed by atoms with Gasteiger partial charge in [-0.05, 0) is 30.9 Å². The number of carbonyl (C=O) groups excluding carboxylic acids is 1. The van der Waals surface area contributed by atoms with E-state index in [0.29, 0.717) is 24.2 Å². The van der Waals surface area contributed by atoms with Crippen molar-refractivity contribution in [2.45, 2.75) is 24.8 Å². The van der Waals surface area contributed by atoms with Gasteiger partial charge in [-0.3, -0.25) is 4.79 Å². The number of aliphatic hydroxyl groups excluding tert-OH is 1. The van der Waals surface area contributed by atoms with Gasteiger partial charge in [-0.15, -0.1) is 0 Å². The molecule has 5 heteroatoms. The summed E-state index contributed by atoms with van der Waals surface area (Å²) in [4.78, 5) is 17.4. The van der Waals surface area contributed by atoms with Crippen molar-refractivity contribution in [1.29, 1.82) is 5.26 Å². The average Bonchev–Trinajstić information content (AvgIpc) is 3.22. The van der Waals surface area contributed by atoms with Gasteiger partial charge in [0.05, 0.1) is 17.7 Å². The molecule has 118 valence electrons. The van der Waals surface area contributed by atoms with Crippen LogP contribution in [0.15, 0.2) is 42.6 Å². The monoisotopic (exact) mass is 309 g/mol. The standard InChI is InChI=1S/C18H19N3O2/c19-11-15-9-16(20-12-15)17(23)21-8-4-7-18(21,13-22)10-14-5-2-1-3-6-14/h1-3,5-6,9,12,20,22H,4,7-8,10,13H2. The number of carbonyl (C=O) groups is 1. The molecule has 0 spiro atoms. The van der Waals surface area contributed by atoms with Crippen molar-refractivity contribution < 1.29 is 9.90 Å². The summed E-state index contributed by atoms with van der Waals surface area (Å²) in [5, 5.41) is 18.9. The molecule has 1 aliphatic heterocycles. The second kappa shape index (κ2) is 6.27. The molecule has 1 aromatic carbocycles. The van der Waals surface area contributed by atoms with Crippen molar-refractivity contribution in [3.8, 4) is 6.07 Å². The van der Waals surface area contributed by atoms with Gasteiger partial charge in [0.15, 0.2) is 0 Å². The fourth-order valence-electron chi connectivity index (χ4n) is 3.36. The quantitative estimate of drug-likeness (QED) is 0.907. The molecule has 1 amide bonds. The maximum absolute atomic E-state index is 12.8. The first-order valence-corrected chi connectivity index (χ1v) is 7.74. The van der Waals surface area contributed by atoms with Crippen LogP contribution in [0.25, 0.3) is 0 Å². The summed E-state index contributed by atoms with van der Waals surface area (Å²) in [6, 6.07) is 13.5. The molecule has 23 heavy (non-hydrogen) atoms. The van der Waals surface area contributed by atoms with Gasteiger partial charge in [-0.2, -0.15) is 5.26 Å². The second-order valence-electron chi connectivity index (χ2n) is 6.02. The predicted octanol–water partition coefficient (Wildman–Crippen LogP) is 2.10. The highest BCUT2D eigenvalue weighted by atomic mass is 16.3. The molecule has 0 aliphatic carbocycles. The lowest BCUT2D eigenvalue weighted by Gasteiger charge is -2.37.